The highest BCUT2D eigenvalue weighted by atomic mass is 35.5. The van der Waals surface area contributed by atoms with E-state index >= 15 is 0 Å². The van der Waals surface area contributed by atoms with Gasteiger partial charge in [-0.2, -0.15) is 0 Å². The molecule has 2 aromatic carbocycles. The quantitative estimate of drug-likeness (QED) is 0.912. The van der Waals surface area contributed by atoms with Crippen LogP contribution in [0, 0.1) is 0 Å². The van der Waals surface area contributed by atoms with Crippen LogP contribution < -0.4 is 0 Å². The molecule has 0 aromatic heterocycles. The molecule has 2 aromatic rings. The highest BCUT2D eigenvalue weighted by Gasteiger charge is 2.22. The van der Waals surface area contributed by atoms with E-state index in [1.165, 1.54) is 0 Å². The van der Waals surface area contributed by atoms with Gasteiger partial charge in [0.05, 0.1) is 5.56 Å². The standard InChI is InChI=1S/C19H19ClN2O3/c20-17-6-2-4-15(12-17)18(23)22-9-7-21(8-10-22)13-14-3-1-5-16(11-14)19(24)25/h1-6,11-12H,7-10,13H2,(H,24,25). The largest absolute Gasteiger partial charge is 0.478 e. The first-order valence-corrected chi connectivity index (χ1v) is 8.50. The second-order valence-electron chi connectivity index (χ2n) is 6.08. The van der Waals surface area contributed by atoms with Gasteiger partial charge in [-0.05, 0) is 35.9 Å². The van der Waals surface area contributed by atoms with Gasteiger partial charge in [0.15, 0.2) is 0 Å². The Morgan fingerprint density at radius 1 is 0.960 bits per heavy atom. The highest BCUT2D eigenvalue weighted by Crippen LogP contribution is 2.15. The summed E-state index contributed by atoms with van der Waals surface area (Å²) in [5, 5.41) is 9.63. The van der Waals surface area contributed by atoms with E-state index in [0.717, 1.165) is 18.7 Å². The van der Waals surface area contributed by atoms with Crippen LogP contribution in [0.25, 0.3) is 0 Å². The molecule has 1 aliphatic heterocycles. The monoisotopic (exact) mass is 358 g/mol. The molecule has 3 rings (SSSR count). The van der Waals surface area contributed by atoms with Gasteiger partial charge in [-0.15, -0.1) is 0 Å². The van der Waals surface area contributed by atoms with Crippen LogP contribution in [-0.4, -0.2) is 53.0 Å². The van der Waals surface area contributed by atoms with Crippen molar-refractivity contribution in [2.45, 2.75) is 6.54 Å². The molecule has 1 N–H and O–H groups in total. The van der Waals surface area contributed by atoms with Crippen molar-refractivity contribution in [3.8, 4) is 0 Å². The van der Waals surface area contributed by atoms with Gasteiger partial charge >= 0.3 is 5.97 Å². The first-order chi connectivity index (χ1) is 12.0. The number of carboxylic acid groups (broad SMARTS) is 1. The third-order valence-corrected chi connectivity index (χ3v) is 4.55. The maximum absolute atomic E-state index is 12.5. The number of benzene rings is 2. The Morgan fingerprint density at radius 3 is 2.32 bits per heavy atom. The molecule has 0 radical (unpaired) electrons. The molecule has 6 heteroatoms. The van der Waals surface area contributed by atoms with Crippen molar-refractivity contribution in [1.82, 2.24) is 9.80 Å². The van der Waals surface area contributed by atoms with E-state index in [2.05, 4.69) is 4.90 Å². The number of aromatic carboxylic acids is 1. The summed E-state index contributed by atoms with van der Waals surface area (Å²) >= 11 is 5.96. The number of hydrogen-bond donors (Lipinski definition) is 1. The number of halogens is 1. The van der Waals surface area contributed by atoms with E-state index in [4.69, 9.17) is 16.7 Å². The fourth-order valence-corrected chi connectivity index (χ4v) is 3.16. The minimum atomic E-state index is -0.918. The SMILES string of the molecule is O=C(O)c1cccc(CN2CCN(C(=O)c3cccc(Cl)c3)CC2)c1. The van der Waals surface area contributed by atoms with E-state index in [0.29, 0.717) is 35.8 Å². The molecule has 0 spiro atoms. The van der Waals surface area contributed by atoms with E-state index in [9.17, 15) is 9.59 Å². The maximum Gasteiger partial charge on any atom is 0.335 e. The summed E-state index contributed by atoms with van der Waals surface area (Å²) in [5.41, 5.74) is 1.87. The minimum absolute atomic E-state index is 0.00461. The lowest BCUT2D eigenvalue weighted by atomic mass is 10.1. The van der Waals surface area contributed by atoms with Crippen LogP contribution in [0.2, 0.25) is 5.02 Å². The van der Waals surface area contributed by atoms with Gasteiger partial charge in [-0.25, -0.2) is 4.79 Å². The Kier molecular flexibility index (Phi) is 5.36. The number of carboxylic acids is 1. The normalized spacial score (nSPS) is 15.2. The van der Waals surface area contributed by atoms with Crippen LogP contribution in [0.1, 0.15) is 26.3 Å². The third kappa shape index (κ3) is 4.38. The number of rotatable bonds is 4. The smallest absolute Gasteiger partial charge is 0.335 e. The Balaban J connectivity index is 1.58. The van der Waals surface area contributed by atoms with Crippen molar-refractivity contribution in [2.24, 2.45) is 0 Å². The van der Waals surface area contributed by atoms with Crippen LogP contribution in [0.15, 0.2) is 48.5 Å². The van der Waals surface area contributed by atoms with E-state index < -0.39 is 5.97 Å². The van der Waals surface area contributed by atoms with Crippen LogP contribution in [0.3, 0.4) is 0 Å². The second kappa shape index (κ2) is 7.68. The Morgan fingerprint density at radius 2 is 1.64 bits per heavy atom. The van der Waals surface area contributed by atoms with Gasteiger partial charge in [0.1, 0.15) is 0 Å². The van der Waals surface area contributed by atoms with Gasteiger partial charge < -0.3 is 10.0 Å². The third-order valence-electron chi connectivity index (χ3n) is 4.31. The summed E-state index contributed by atoms with van der Waals surface area (Å²) in [7, 11) is 0. The maximum atomic E-state index is 12.5. The first-order valence-electron chi connectivity index (χ1n) is 8.12. The molecule has 1 saturated heterocycles. The fourth-order valence-electron chi connectivity index (χ4n) is 2.97. The number of hydrogen-bond acceptors (Lipinski definition) is 3. The predicted octanol–water partition coefficient (Wildman–Crippen LogP) is 3.00. The molecule has 0 bridgehead atoms. The molecule has 5 nitrogen and oxygen atoms in total. The summed E-state index contributed by atoms with van der Waals surface area (Å²) in [5.74, 6) is -0.922. The van der Waals surface area contributed by atoms with E-state index in [1.807, 2.05) is 11.0 Å². The fraction of sp³-hybridized carbons (Fsp3) is 0.263. The lowest BCUT2D eigenvalue weighted by Crippen LogP contribution is -2.48. The van der Waals surface area contributed by atoms with E-state index in [1.54, 1.807) is 42.5 Å². The minimum Gasteiger partial charge on any atom is -0.478 e. The molecule has 1 amide bonds. The van der Waals surface area contributed by atoms with Crippen molar-refractivity contribution < 1.29 is 14.7 Å². The van der Waals surface area contributed by atoms with E-state index in [-0.39, 0.29) is 5.91 Å². The Hall–Kier alpha value is -2.37. The summed E-state index contributed by atoms with van der Waals surface area (Å²) in [6.45, 7) is 3.47. The molecule has 1 aliphatic rings. The van der Waals surface area contributed by atoms with Crippen molar-refractivity contribution >= 4 is 23.5 Å². The highest BCUT2D eigenvalue weighted by molar-refractivity contribution is 6.30. The number of amides is 1. The molecule has 0 saturated carbocycles. The lowest BCUT2D eigenvalue weighted by molar-refractivity contribution is 0.0626. The van der Waals surface area contributed by atoms with Gasteiger partial charge in [-0.3, -0.25) is 9.69 Å². The molecule has 0 aliphatic carbocycles. The molecule has 1 fully saturated rings. The van der Waals surface area contributed by atoms with Crippen molar-refractivity contribution in [3.63, 3.8) is 0 Å². The van der Waals surface area contributed by atoms with Crippen molar-refractivity contribution in [1.29, 1.82) is 0 Å². The topological polar surface area (TPSA) is 60.9 Å². The predicted molar refractivity (Wildman–Crippen MR) is 96.0 cm³/mol. The van der Waals surface area contributed by atoms with Gasteiger partial charge in [0, 0.05) is 43.3 Å². The molecule has 25 heavy (non-hydrogen) atoms. The van der Waals surface area contributed by atoms with Crippen LogP contribution in [-0.2, 0) is 6.54 Å². The second-order valence-corrected chi connectivity index (χ2v) is 6.52. The summed E-state index contributed by atoms with van der Waals surface area (Å²) in [6.07, 6.45) is 0. The molecule has 1 heterocycles. The zero-order valence-electron chi connectivity index (χ0n) is 13.7. The van der Waals surface area contributed by atoms with Crippen LogP contribution in [0.5, 0.6) is 0 Å². The molecular weight excluding hydrogens is 340 g/mol. The van der Waals surface area contributed by atoms with Gasteiger partial charge in [0.2, 0.25) is 0 Å². The molecule has 0 unspecified atom stereocenters. The van der Waals surface area contributed by atoms with Crippen LogP contribution >= 0.6 is 11.6 Å². The number of piperazine rings is 1. The van der Waals surface area contributed by atoms with Crippen molar-refractivity contribution in [2.75, 3.05) is 26.2 Å². The lowest BCUT2D eigenvalue weighted by Gasteiger charge is -2.34. The van der Waals surface area contributed by atoms with Gasteiger partial charge in [-0.1, -0.05) is 29.8 Å². The average molecular weight is 359 g/mol. The summed E-state index contributed by atoms with van der Waals surface area (Å²) in [6, 6.07) is 14.0. The van der Waals surface area contributed by atoms with Gasteiger partial charge in [0.25, 0.3) is 5.91 Å². The average Bonchev–Trinajstić information content (AvgIpc) is 2.62. The number of nitrogens with zero attached hydrogens (tertiary/aromatic N) is 2. The Labute approximate surface area is 151 Å². The molecular formula is C19H19ClN2O3. The zero-order chi connectivity index (χ0) is 17.8. The van der Waals surface area contributed by atoms with Crippen molar-refractivity contribution in [3.05, 3.63) is 70.2 Å². The number of carbonyl (C=O) groups is 2. The Bertz CT molecular complexity index is 786. The molecule has 130 valence electrons. The van der Waals surface area contributed by atoms with Crippen LogP contribution in [0.4, 0.5) is 0 Å². The summed E-state index contributed by atoms with van der Waals surface area (Å²) in [4.78, 5) is 27.6. The first kappa shape index (κ1) is 17.5. The number of carbonyl (C=O) groups excluding carboxylic acids is 1. The molecule has 0 atom stereocenters. The summed E-state index contributed by atoms with van der Waals surface area (Å²) < 4.78 is 0. The zero-order valence-corrected chi connectivity index (χ0v) is 14.4.